The molecule has 0 spiro atoms. The van der Waals surface area contributed by atoms with Crippen molar-refractivity contribution < 1.29 is 14.7 Å². The first-order valence-corrected chi connectivity index (χ1v) is 7.21. The van der Waals surface area contributed by atoms with Gasteiger partial charge in [-0.15, -0.1) is 0 Å². The number of carbonyl (C=O) groups excluding carboxylic acids is 1. The number of hydrogen-bond acceptors (Lipinski definition) is 3. The number of urea groups is 1. The smallest absolute Gasteiger partial charge is 0.317 e. The summed E-state index contributed by atoms with van der Waals surface area (Å²) >= 11 is 1.80. The second kappa shape index (κ2) is 5.16. The van der Waals surface area contributed by atoms with Gasteiger partial charge >= 0.3 is 12.0 Å². The highest BCUT2D eigenvalue weighted by atomic mass is 32.2. The lowest BCUT2D eigenvalue weighted by atomic mass is 10.0. The Bertz CT molecular complexity index is 318. The molecule has 0 bridgehead atoms. The third kappa shape index (κ3) is 2.68. The predicted molar refractivity (Wildman–Crippen MR) is 66.2 cm³/mol. The minimum absolute atomic E-state index is 0.103. The zero-order chi connectivity index (χ0) is 12.4. The van der Waals surface area contributed by atoms with Gasteiger partial charge in [0.05, 0.1) is 5.92 Å². The molecule has 1 saturated carbocycles. The Morgan fingerprint density at radius 1 is 1.35 bits per heavy atom. The number of rotatable bonds is 3. The van der Waals surface area contributed by atoms with E-state index in [2.05, 4.69) is 11.6 Å². The minimum atomic E-state index is -0.808. The first kappa shape index (κ1) is 12.5. The molecular weight excluding hydrogens is 240 g/mol. The molecule has 1 heterocycles. The van der Waals surface area contributed by atoms with Crippen LogP contribution in [0.5, 0.6) is 0 Å². The maximum Gasteiger partial charge on any atom is 0.317 e. The van der Waals surface area contributed by atoms with Crippen LogP contribution in [0.25, 0.3) is 0 Å². The van der Waals surface area contributed by atoms with Crippen molar-refractivity contribution in [1.29, 1.82) is 0 Å². The molecule has 2 fully saturated rings. The molecule has 0 radical (unpaired) electrons. The summed E-state index contributed by atoms with van der Waals surface area (Å²) in [5.74, 6) is -1.18. The van der Waals surface area contributed by atoms with E-state index in [1.807, 2.05) is 0 Å². The van der Waals surface area contributed by atoms with E-state index in [1.54, 1.807) is 16.7 Å². The van der Waals surface area contributed by atoms with E-state index in [1.165, 1.54) is 0 Å². The molecule has 2 unspecified atom stereocenters. The quantitative estimate of drug-likeness (QED) is 0.792. The van der Waals surface area contributed by atoms with Crippen LogP contribution in [0, 0.1) is 5.92 Å². The van der Waals surface area contributed by atoms with Crippen molar-refractivity contribution >= 4 is 23.8 Å². The van der Waals surface area contributed by atoms with Gasteiger partial charge in [0.15, 0.2) is 0 Å². The number of nitrogens with zero attached hydrogens (tertiary/aromatic N) is 1. The molecule has 1 saturated heterocycles. The Hall–Kier alpha value is -0.910. The lowest BCUT2D eigenvalue weighted by molar-refractivity contribution is -0.146. The van der Waals surface area contributed by atoms with E-state index in [0.717, 1.165) is 19.3 Å². The van der Waals surface area contributed by atoms with Crippen LogP contribution in [0.1, 0.15) is 19.3 Å². The average Bonchev–Trinajstić information content (AvgIpc) is 2.61. The van der Waals surface area contributed by atoms with E-state index >= 15 is 0 Å². The number of thioether (sulfide) groups is 1. The van der Waals surface area contributed by atoms with Crippen LogP contribution in [0.2, 0.25) is 0 Å². The molecule has 1 aliphatic carbocycles. The third-order valence-electron chi connectivity index (χ3n) is 3.58. The summed E-state index contributed by atoms with van der Waals surface area (Å²) in [6, 6.07) is 0.148. The second-order valence-corrected chi connectivity index (χ2v) is 5.78. The first-order valence-electron chi connectivity index (χ1n) is 5.93. The highest BCUT2D eigenvalue weighted by Crippen LogP contribution is 2.28. The molecule has 6 heteroatoms. The zero-order valence-corrected chi connectivity index (χ0v) is 10.7. The van der Waals surface area contributed by atoms with Gasteiger partial charge in [0.25, 0.3) is 0 Å². The third-order valence-corrected chi connectivity index (χ3v) is 4.75. The number of likely N-dealkylation sites (tertiary alicyclic amines) is 1. The van der Waals surface area contributed by atoms with Crippen molar-refractivity contribution in [2.45, 2.75) is 30.6 Å². The monoisotopic (exact) mass is 258 g/mol. The van der Waals surface area contributed by atoms with Crippen molar-refractivity contribution in [2.75, 3.05) is 19.3 Å². The fourth-order valence-corrected chi connectivity index (χ4v) is 3.36. The normalized spacial score (nSPS) is 28.9. The van der Waals surface area contributed by atoms with Gasteiger partial charge in [-0.25, -0.2) is 4.79 Å². The minimum Gasteiger partial charge on any atom is -0.481 e. The summed E-state index contributed by atoms with van der Waals surface area (Å²) in [5.41, 5.74) is 0. The van der Waals surface area contributed by atoms with E-state index < -0.39 is 5.97 Å². The fourth-order valence-electron chi connectivity index (χ4n) is 2.42. The second-order valence-electron chi connectivity index (χ2n) is 4.70. The first-order chi connectivity index (χ1) is 8.11. The Balaban J connectivity index is 1.77. The van der Waals surface area contributed by atoms with Crippen molar-refractivity contribution in [3.05, 3.63) is 0 Å². The van der Waals surface area contributed by atoms with E-state index in [4.69, 9.17) is 5.11 Å². The fraction of sp³-hybridized carbons (Fsp3) is 0.818. The van der Waals surface area contributed by atoms with Gasteiger partial charge in [-0.2, -0.15) is 11.8 Å². The van der Waals surface area contributed by atoms with Crippen molar-refractivity contribution in [3.8, 4) is 0 Å². The molecule has 0 aromatic heterocycles. The summed E-state index contributed by atoms with van der Waals surface area (Å²) in [7, 11) is 0. The largest absolute Gasteiger partial charge is 0.481 e. The van der Waals surface area contributed by atoms with Crippen LogP contribution in [0.15, 0.2) is 0 Å². The Labute approximate surface area is 105 Å². The van der Waals surface area contributed by atoms with Crippen LogP contribution in [0.4, 0.5) is 4.79 Å². The lowest BCUT2D eigenvalue weighted by Gasteiger charge is -2.37. The van der Waals surface area contributed by atoms with Gasteiger partial charge in [-0.05, 0) is 19.1 Å². The highest BCUT2D eigenvalue weighted by molar-refractivity contribution is 7.99. The highest BCUT2D eigenvalue weighted by Gasteiger charge is 2.37. The number of carboxylic acids is 1. The summed E-state index contributed by atoms with van der Waals surface area (Å²) in [4.78, 5) is 24.0. The van der Waals surface area contributed by atoms with Crippen LogP contribution < -0.4 is 5.32 Å². The Morgan fingerprint density at radius 3 is 2.65 bits per heavy atom. The van der Waals surface area contributed by atoms with E-state index in [9.17, 15) is 9.59 Å². The van der Waals surface area contributed by atoms with Gasteiger partial charge in [0, 0.05) is 24.4 Å². The summed E-state index contributed by atoms with van der Waals surface area (Å²) < 4.78 is 0. The molecular formula is C11H18N2O3S. The molecule has 2 N–H and O–H groups in total. The number of nitrogens with one attached hydrogen (secondary N) is 1. The average molecular weight is 258 g/mol. The molecule has 0 aromatic carbocycles. The lowest BCUT2D eigenvalue weighted by Crippen LogP contribution is -2.58. The van der Waals surface area contributed by atoms with Gasteiger partial charge in [0.1, 0.15) is 0 Å². The summed E-state index contributed by atoms with van der Waals surface area (Å²) in [6.45, 7) is 0.690. The van der Waals surface area contributed by atoms with Crippen molar-refractivity contribution in [2.24, 2.45) is 5.92 Å². The molecule has 2 atom stereocenters. The summed E-state index contributed by atoms with van der Waals surface area (Å²) in [6.07, 6.45) is 5.42. The van der Waals surface area contributed by atoms with Crippen molar-refractivity contribution in [1.82, 2.24) is 10.2 Å². The maximum atomic E-state index is 11.8. The van der Waals surface area contributed by atoms with Gasteiger partial charge in [-0.3, -0.25) is 4.79 Å². The van der Waals surface area contributed by atoms with Crippen LogP contribution in [-0.4, -0.2) is 52.6 Å². The van der Waals surface area contributed by atoms with Crippen LogP contribution in [-0.2, 0) is 4.79 Å². The molecule has 96 valence electrons. The van der Waals surface area contributed by atoms with E-state index in [-0.39, 0.29) is 18.0 Å². The molecule has 17 heavy (non-hydrogen) atoms. The molecule has 1 aliphatic heterocycles. The maximum absolute atomic E-state index is 11.8. The Morgan fingerprint density at radius 2 is 2.06 bits per heavy atom. The number of carboxylic acid groups (broad SMARTS) is 1. The van der Waals surface area contributed by atoms with Gasteiger partial charge in [0.2, 0.25) is 0 Å². The molecule has 2 amide bonds. The number of amides is 2. The van der Waals surface area contributed by atoms with E-state index in [0.29, 0.717) is 18.3 Å². The predicted octanol–water partition coefficient (Wildman–Crippen LogP) is 0.997. The standard InChI is InChI=1S/C11H18N2O3S/c1-17-9-4-2-3-8(9)12-11(16)13-5-7(6-13)10(14)15/h7-9H,2-6H2,1H3,(H,12,16)(H,14,15). The molecule has 2 rings (SSSR count). The number of carbonyl (C=O) groups is 2. The van der Waals surface area contributed by atoms with Crippen LogP contribution >= 0.6 is 11.8 Å². The van der Waals surface area contributed by atoms with Gasteiger partial charge < -0.3 is 15.3 Å². The Kier molecular flexibility index (Phi) is 3.81. The van der Waals surface area contributed by atoms with Crippen molar-refractivity contribution in [3.63, 3.8) is 0 Å². The van der Waals surface area contributed by atoms with Crippen LogP contribution in [0.3, 0.4) is 0 Å². The van der Waals surface area contributed by atoms with Gasteiger partial charge in [-0.1, -0.05) is 6.42 Å². The molecule has 0 aromatic rings. The zero-order valence-electron chi connectivity index (χ0n) is 9.89. The SMILES string of the molecule is CSC1CCCC1NC(=O)N1CC(C(=O)O)C1. The number of aliphatic carboxylic acids is 1. The summed E-state index contributed by atoms with van der Waals surface area (Å²) in [5, 5.41) is 12.3. The number of hydrogen-bond donors (Lipinski definition) is 2. The molecule has 2 aliphatic rings. The molecule has 5 nitrogen and oxygen atoms in total. The topological polar surface area (TPSA) is 69.6 Å².